The Morgan fingerprint density at radius 3 is 2.56 bits per heavy atom. The van der Waals surface area contributed by atoms with E-state index in [1.165, 1.54) is 12.1 Å². The summed E-state index contributed by atoms with van der Waals surface area (Å²) in [7, 11) is 0. The molecule has 0 bridgehead atoms. The molecule has 1 rings (SSSR count). The van der Waals surface area contributed by atoms with Gasteiger partial charge in [-0.1, -0.05) is 0 Å². The molecule has 1 aromatic heterocycles. The molecule has 16 heavy (non-hydrogen) atoms. The first-order valence-electron chi connectivity index (χ1n) is 4.71. The van der Waals surface area contributed by atoms with Crippen LogP contribution in [0.2, 0.25) is 0 Å². The third-order valence-electron chi connectivity index (χ3n) is 1.77. The average Bonchev–Trinajstić information content (AvgIpc) is 2.65. The van der Waals surface area contributed by atoms with Gasteiger partial charge in [-0.15, -0.1) is 0 Å². The Bertz CT molecular complexity index is 431. The van der Waals surface area contributed by atoms with Crippen LogP contribution in [0.1, 0.15) is 27.9 Å². The lowest BCUT2D eigenvalue weighted by atomic mass is 10.4. The summed E-state index contributed by atoms with van der Waals surface area (Å²) in [6.45, 7) is 2.32. The Balaban J connectivity index is 2.83. The molecule has 86 valence electrons. The Hall–Kier alpha value is -2.31. The van der Waals surface area contributed by atoms with Gasteiger partial charge in [0.1, 0.15) is 11.4 Å². The van der Waals surface area contributed by atoms with Crippen LogP contribution in [0.15, 0.2) is 12.1 Å². The van der Waals surface area contributed by atoms with E-state index in [4.69, 9.17) is 11.5 Å². The van der Waals surface area contributed by atoms with Gasteiger partial charge in [-0.25, -0.2) is 9.79 Å². The van der Waals surface area contributed by atoms with Crippen molar-refractivity contribution in [1.29, 1.82) is 0 Å². The van der Waals surface area contributed by atoms with Gasteiger partial charge in [0.15, 0.2) is 0 Å². The van der Waals surface area contributed by atoms with Crippen LogP contribution in [0.25, 0.3) is 0 Å². The average molecular weight is 224 g/mol. The van der Waals surface area contributed by atoms with Gasteiger partial charge in [0.25, 0.3) is 5.91 Å². The summed E-state index contributed by atoms with van der Waals surface area (Å²) in [4.78, 5) is 27.6. The topological polar surface area (TPSA) is 128 Å². The van der Waals surface area contributed by atoms with Gasteiger partial charge >= 0.3 is 11.9 Å². The molecular weight excluding hydrogens is 210 g/mol. The highest BCUT2D eigenvalue weighted by atomic mass is 16.2. The number of aromatic nitrogens is 1. The maximum absolute atomic E-state index is 11.4. The fourth-order valence-corrected chi connectivity index (χ4v) is 1.11. The van der Waals surface area contributed by atoms with Crippen molar-refractivity contribution in [1.82, 2.24) is 10.3 Å². The van der Waals surface area contributed by atoms with Crippen LogP contribution in [0, 0.1) is 0 Å². The number of H-pyrrole nitrogens is 1. The quantitative estimate of drug-likeness (QED) is 0.282. The predicted molar refractivity (Wildman–Crippen MR) is 57.5 cm³/mol. The fraction of sp³-hybridized carbons (Fsp3) is 0.222. The Morgan fingerprint density at radius 2 is 2.00 bits per heavy atom. The first-order valence-corrected chi connectivity index (χ1v) is 4.71. The zero-order chi connectivity index (χ0) is 12.1. The Kier molecular flexibility index (Phi) is 3.65. The molecule has 0 unspecified atom stereocenters. The van der Waals surface area contributed by atoms with E-state index in [-0.39, 0.29) is 17.6 Å². The normalized spacial score (nSPS) is 9.56. The minimum Gasteiger partial charge on any atom is -0.351 e. The van der Waals surface area contributed by atoms with Crippen molar-refractivity contribution in [2.75, 3.05) is 6.54 Å². The Labute approximate surface area is 91.9 Å². The molecule has 0 saturated carbocycles. The number of nitrogens with two attached hydrogens (primary N) is 2. The van der Waals surface area contributed by atoms with E-state index in [2.05, 4.69) is 15.3 Å². The molecule has 0 spiro atoms. The molecule has 1 aromatic rings. The number of hydrogen-bond donors (Lipinski definition) is 5. The number of guanidine groups is 1. The third-order valence-corrected chi connectivity index (χ3v) is 1.77. The highest BCUT2D eigenvalue weighted by Gasteiger charge is 2.12. The van der Waals surface area contributed by atoms with E-state index in [9.17, 15) is 9.59 Å². The first-order chi connectivity index (χ1) is 7.54. The van der Waals surface area contributed by atoms with Crippen molar-refractivity contribution in [2.24, 2.45) is 11.5 Å². The van der Waals surface area contributed by atoms with Gasteiger partial charge in [0.2, 0.25) is 0 Å². The summed E-state index contributed by atoms with van der Waals surface area (Å²) >= 11 is 0. The lowest BCUT2D eigenvalue weighted by Crippen LogP contribution is -2.81. The van der Waals surface area contributed by atoms with E-state index in [0.717, 1.165) is 0 Å². The van der Waals surface area contributed by atoms with Crippen molar-refractivity contribution in [3.05, 3.63) is 23.5 Å². The molecule has 0 aliphatic carbocycles. The van der Waals surface area contributed by atoms with Gasteiger partial charge in [-0.05, 0) is 19.1 Å². The third kappa shape index (κ3) is 2.84. The van der Waals surface area contributed by atoms with Crippen LogP contribution < -0.4 is 21.8 Å². The van der Waals surface area contributed by atoms with Crippen molar-refractivity contribution < 1.29 is 14.6 Å². The van der Waals surface area contributed by atoms with Crippen LogP contribution >= 0.6 is 0 Å². The van der Waals surface area contributed by atoms with Crippen molar-refractivity contribution in [3.63, 3.8) is 0 Å². The molecule has 0 aliphatic heterocycles. The zero-order valence-corrected chi connectivity index (χ0v) is 8.83. The summed E-state index contributed by atoms with van der Waals surface area (Å²) < 4.78 is 0. The highest BCUT2D eigenvalue weighted by Crippen LogP contribution is 2.00. The van der Waals surface area contributed by atoms with Gasteiger partial charge in [0, 0.05) is 6.54 Å². The minimum absolute atomic E-state index is 0.195. The van der Waals surface area contributed by atoms with Crippen LogP contribution in [0.3, 0.4) is 0 Å². The van der Waals surface area contributed by atoms with E-state index < -0.39 is 5.91 Å². The Morgan fingerprint density at radius 1 is 1.38 bits per heavy atom. The van der Waals surface area contributed by atoms with Crippen LogP contribution in [0.4, 0.5) is 0 Å². The molecule has 0 atom stereocenters. The molecule has 7 nitrogen and oxygen atoms in total. The van der Waals surface area contributed by atoms with E-state index in [1.54, 1.807) is 6.92 Å². The second-order valence-corrected chi connectivity index (χ2v) is 3.05. The minimum atomic E-state index is -0.490. The molecule has 1 heterocycles. The molecule has 7 N–H and O–H groups in total. The van der Waals surface area contributed by atoms with Crippen LogP contribution in [-0.2, 0) is 0 Å². The van der Waals surface area contributed by atoms with Crippen molar-refractivity contribution in [3.8, 4) is 0 Å². The lowest BCUT2D eigenvalue weighted by Gasteiger charge is -1.97. The second-order valence-electron chi connectivity index (χ2n) is 3.05. The second kappa shape index (κ2) is 4.96. The van der Waals surface area contributed by atoms with E-state index >= 15 is 0 Å². The number of hydrogen-bond acceptors (Lipinski definition) is 2. The summed E-state index contributed by atoms with van der Waals surface area (Å²) in [5.74, 6) is -0.957. The molecule has 0 radical (unpaired) electrons. The number of rotatable bonds is 3. The molecule has 7 heteroatoms. The maximum Gasteiger partial charge on any atom is 0.346 e. The van der Waals surface area contributed by atoms with Crippen molar-refractivity contribution >= 4 is 17.8 Å². The summed E-state index contributed by atoms with van der Waals surface area (Å²) in [5.41, 5.74) is 10.8. The first kappa shape index (κ1) is 11.8. The van der Waals surface area contributed by atoms with E-state index in [1.807, 2.05) is 0 Å². The SMILES string of the molecule is CCNC(=O)c1ccc(C(=O)[NH+]=C(N)N)[nH]1. The van der Waals surface area contributed by atoms with Crippen LogP contribution in [0.5, 0.6) is 0 Å². The molecule has 0 aliphatic rings. The van der Waals surface area contributed by atoms with Crippen LogP contribution in [-0.4, -0.2) is 29.3 Å². The number of carbonyl (C=O) groups is 2. The molecule has 0 fully saturated rings. The largest absolute Gasteiger partial charge is 0.351 e. The number of nitrogens with one attached hydrogen (secondary N) is 3. The lowest BCUT2D eigenvalue weighted by molar-refractivity contribution is -0.347. The number of amides is 2. The maximum atomic E-state index is 11.4. The molecule has 2 amide bonds. The van der Waals surface area contributed by atoms with Gasteiger partial charge in [-0.2, -0.15) is 0 Å². The smallest absolute Gasteiger partial charge is 0.346 e. The monoisotopic (exact) mass is 224 g/mol. The highest BCUT2D eigenvalue weighted by molar-refractivity contribution is 5.95. The summed E-state index contributed by atoms with van der Waals surface area (Å²) in [6, 6.07) is 2.98. The molecule has 0 saturated heterocycles. The zero-order valence-electron chi connectivity index (χ0n) is 8.83. The summed E-state index contributed by atoms with van der Waals surface area (Å²) in [6.07, 6.45) is 0. The van der Waals surface area contributed by atoms with Gasteiger partial charge < -0.3 is 10.3 Å². The fourth-order valence-electron chi connectivity index (χ4n) is 1.11. The van der Waals surface area contributed by atoms with Gasteiger partial charge in [-0.3, -0.25) is 16.3 Å². The molecular formula is C9H14N5O2+. The molecule has 0 aromatic carbocycles. The van der Waals surface area contributed by atoms with Crippen molar-refractivity contribution in [2.45, 2.75) is 6.92 Å². The van der Waals surface area contributed by atoms with E-state index in [0.29, 0.717) is 12.2 Å². The van der Waals surface area contributed by atoms with Gasteiger partial charge in [0.05, 0.1) is 0 Å². The standard InChI is InChI=1S/C9H13N5O2/c1-2-12-7(15)5-3-4-6(13-5)8(16)14-9(10)11/h3-4,13H,2H2,1H3,(H,12,15)(H4,10,11,14,16)/p+1. The summed E-state index contributed by atoms with van der Waals surface area (Å²) in [5, 5.41) is 2.60. The number of aromatic amines is 1. The predicted octanol–water partition coefficient (Wildman–Crippen LogP) is -2.74. The number of carbonyl (C=O) groups excluding carboxylic acids is 2.